The van der Waals surface area contributed by atoms with Gasteiger partial charge >= 0.3 is 0 Å². The molecule has 0 radical (unpaired) electrons. The Morgan fingerprint density at radius 2 is 1.18 bits per heavy atom. The summed E-state index contributed by atoms with van der Waals surface area (Å²) in [6, 6.07) is 1.27. The molecule has 0 aromatic carbocycles. The second-order valence-electron chi connectivity index (χ2n) is 8.87. The first-order chi connectivity index (χ1) is 13.8. The summed E-state index contributed by atoms with van der Waals surface area (Å²) in [6.07, 6.45) is 24.0. The Morgan fingerprint density at radius 3 is 1.57 bits per heavy atom. The zero-order valence-electron chi connectivity index (χ0n) is 19.4. The lowest BCUT2D eigenvalue weighted by atomic mass is 10.0. The standard InChI is InChI=1S/C24H50O3Si/c1-4-5-6-7-8-9-10-11-12-13-14-15-16-17-18-20-24(25-2,26-3)28-21-19-23-22-27-23/h23H,4-22,28H2,1-3H3. The molecule has 0 aromatic rings. The third-order valence-electron chi connectivity index (χ3n) is 6.39. The van der Waals surface area contributed by atoms with Crippen molar-refractivity contribution in [1.29, 1.82) is 0 Å². The predicted molar refractivity (Wildman–Crippen MR) is 124 cm³/mol. The van der Waals surface area contributed by atoms with Crippen molar-refractivity contribution in [3.63, 3.8) is 0 Å². The molecule has 3 nitrogen and oxygen atoms in total. The van der Waals surface area contributed by atoms with Gasteiger partial charge in [-0.05, 0) is 19.3 Å². The van der Waals surface area contributed by atoms with Crippen molar-refractivity contribution in [3.05, 3.63) is 0 Å². The molecule has 1 saturated heterocycles. The lowest BCUT2D eigenvalue weighted by Crippen LogP contribution is -2.40. The van der Waals surface area contributed by atoms with Crippen molar-refractivity contribution >= 4 is 9.52 Å². The minimum atomic E-state index is -0.373. The topological polar surface area (TPSA) is 31.0 Å². The molecule has 168 valence electrons. The van der Waals surface area contributed by atoms with Gasteiger partial charge in [-0.1, -0.05) is 103 Å². The zero-order chi connectivity index (χ0) is 20.3. The van der Waals surface area contributed by atoms with Gasteiger partial charge in [-0.15, -0.1) is 0 Å². The Kier molecular flexibility index (Phi) is 16.7. The van der Waals surface area contributed by atoms with Crippen LogP contribution in [-0.4, -0.2) is 41.9 Å². The highest BCUT2D eigenvalue weighted by molar-refractivity contribution is 6.38. The Hall–Kier alpha value is 0.0969. The second-order valence-corrected chi connectivity index (χ2v) is 11.2. The predicted octanol–water partition coefficient (Wildman–Crippen LogP) is 6.57. The molecule has 1 unspecified atom stereocenters. The van der Waals surface area contributed by atoms with Crippen molar-refractivity contribution in [2.24, 2.45) is 0 Å². The normalized spacial score (nSPS) is 17.0. The Balaban J connectivity index is 1.86. The van der Waals surface area contributed by atoms with E-state index in [9.17, 15) is 0 Å². The smallest absolute Gasteiger partial charge is 0.144 e. The largest absolute Gasteiger partial charge is 0.373 e. The van der Waals surface area contributed by atoms with Crippen LogP contribution in [0.15, 0.2) is 0 Å². The van der Waals surface area contributed by atoms with Gasteiger partial charge in [-0.25, -0.2) is 0 Å². The number of methoxy groups -OCH3 is 2. The lowest BCUT2D eigenvalue weighted by Gasteiger charge is -2.31. The van der Waals surface area contributed by atoms with Crippen molar-refractivity contribution in [1.82, 2.24) is 0 Å². The summed E-state index contributed by atoms with van der Waals surface area (Å²) >= 11 is 0. The fraction of sp³-hybridized carbons (Fsp3) is 1.00. The van der Waals surface area contributed by atoms with Crippen LogP contribution in [0.4, 0.5) is 0 Å². The van der Waals surface area contributed by atoms with Gasteiger partial charge in [0.1, 0.15) is 5.41 Å². The first-order valence-electron chi connectivity index (χ1n) is 12.5. The SMILES string of the molecule is CCCCCCCCCCCCCCCCCC(OC)(OC)[SiH2]CCC1CO1. The third kappa shape index (κ3) is 14.1. The van der Waals surface area contributed by atoms with Gasteiger partial charge in [0, 0.05) is 14.2 Å². The maximum absolute atomic E-state index is 5.81. The lowest BCUT2D eigenvalue weighted by molar-refractivity contribution is -0.149. The van der Waals surface area contributed by atoms with E-state index in [1.807, 2.05) is 14.2 Å². The molecule has 4 heteroatoms. The molecule has 0 spiro atoms. The van der Waals surface area contributed by atoms with E-state index in [0.717, 1.165) is 13.0 Å². The Labute approximate surface area is 178 Å². The maximum Gasteiger partial charge on any atom is 0.144 e. The molecule has 0 amide bonds. The monoisotopic (exact) mass is 414 g/mol. The molecule has 0 bridgehead atoms. The molecule has 1 atom stereocenters. The summed E-state index contributed by atoms with van der Waals surface area (Å²) in [4.78, 5) is 0. The number of epoxide rings is 1. The summed E-state index contributed by atoms with van der Waals surface area (Å²) in [5, 5.41) is 0. The van der Waals surface area contributed by atoms with Crippen LogP contribution >= 0.6 is 0 Å². The van der Waals surface area contributed by atoms with E-state index in [1.54, 1.807) is 0 Å². The van der Waals surface area contributed by atoms with Crippen LogP contribution in [-0.2, 0) is 14.2 Å². The molecule has 0 saturated carbocycles. The van der Waals surface area contributed by atoms with E-state index in [1.165, 1.54) is 109 Å². The summed E-state index contributed by atoms with van der Waals surface area (Å²) < 4.78 is 16.9. The molecular formula is C24H50O3Si. The number of ether oxygens (including phenoxy) is 3. The molecule has 0 N–H and O–H groups in total. The van der Waals surface area contributed by atoms with Crippen molar-refractivity contribution < 1.29 is 14.2 Å². The average Bonchev–Trinajstić information content (AvgIpc) is 3.54. The first kappa shape index (κ1) is 26.1. The second kappa shape index (κ2) is 17.9. The third-order valence-corrected chi connectivity index (χ3v) is 8.85. The molecule has 28 heavy (non-hydrogen) atoms. The average molecular weight is 415 g/mol. The van der Waals surface area contributed by atoms with E-state index in [4.69, 9.17) is 14.2 Å². The molecule has 0 aliphatic carbocycles. The Bertz CT molecular complexity index is 330. The van der Waals surface area contributed by atoms with Crippen LogP contribution in [0, 0.1) is 0 Å². The molecule has 0 aromatic heterocycles. The highest BCUT2D eigenvalue weighted by atomic mass is 28.2. The fourth-order valence-electron chi connectivity index (χ4n) is 4.22. The van der Waals surface area contributed by atoms with Crippen molar-refractivity contribution in [2.75, 3.05) is 20.8 Å². The summed E-state index contributed by atoms with van der Waals surface area (Å²) in [6.45, 7) is 3.27. The quantitative estimate of drug-likeness (QED) is 0.0868. The van der Waals surface area contributed by atoms with Gasteiger partial charge in [-0.3, -0.25) is 0 Å². The van der Waals surface area contributed by atoms with E-state index >= 15 is 0 Å². The number of hydrogen-bond acceptors (Lipinski definition) is 3. The molecule has 1 aliphatic rings. The van der Waals surface area contributed by atoms with Crippen LogP contribution in [0.2, 0.25) is 6.04 Å². The highest BCUT2D eigenvalue weighted by Crippen LogP contribution is 2.24. The zero-order valence-corrected chi connectivity index (χ0v) is 20.9. The van der Waals surface area contributed by atoms with E-state index in [2.05, 4.69) is 6.92 Å². The summed E-state index contributed by atoms with van der Waals surface area (Å²) in [5.41, 5.74) is -0.231. The van der Waals surface area contributed by atoms with E-state index < -0.39 is 0 Å². The van der Waals surface area contributed by atoms with Crippen LogP contribution in [0.25, 0.3) is 0 Å². The van der Waals surface area contributed by atoms with Gasteiger partial charge in [0.2, 0.25) is 0 Å². The molecule has 1 aliphatic heterocycles. The van der Waals surface area contributed by atoms with Crippen LogP contribution in [0.3, 0.4) is 0 Å². The highest BCUT2D eigenvalue weighted by Gasteiger charge is 2.30. The van der Waals surface area contributed by atoms with Gasteiger partial charge in [0.05, 0.1) is 22.2 Å². The van der Waals surface area contributed by atoms with Gasteiger partial charge < -0.3 is 14.2 Å². The first-order valence-corrected chi connectivity index (χ1v) is 14.2. The van der Waals surface area contributed by atoms with Crippen molar-refractivity contribution in [2.45, 2.75) is 134 Å². The minimum Gasteiger partial charge on any atom is -0.373 e. The molecular weight excluding hydrogens is 364 g/mol. The van der Waals surface area contributed by atoms with Gasteiger partial charge in [0.15, 0.2) is 0 Å². The van der Waals surface area contributed by atoms with Crippen LogP contribution in [0.5, 0.6) is 0 Å². The van der Waals surface area contributed by atoms with E-state index in [0.29, 0.717) is 6.10 Å². The van der Waals surface area contributed by atoms with Crippen LogP contribution < -0.4 is 0 Å². The number of rotatable bonds is 22. The summed E-state index contributed by atoms with van der Waals surface area (Å²) in [5.74, 6) is 0. The minimum absolute atomic E-state index is 0.231. The van der Waals surface area contributed by atoms with Gasteiger partial charge in [-0.2, -0.15) is 0 Å². The fourth-order valence-corrected chi connectivity index (χ4v) is 6.32. The molecule has 1 rings (SSSR count). The summed E-state index contributed by atoms with van der Waals surface area (Å²) in [7, 11) is 3.28. The number of unbranched alkanes of at least 4 members (excludes halogenated alkanes) is 14. The number of hydrogen-bond donors (Lipinski definition) is 0. The molecule has 1 fully saturated rings. The van der Waals surface area contributed by atoms with E-state index in [-0.39, 0.29) is 14.9 Å². The van der Waals surface area contributed by atoms with Gasteiger partial charge in [0.25, 0.3) is 0 Å². The maximum atomic E-state index is 5.81. The van der Waals surface area contributed by atoms with Crippen LogP contribution in [0.1, 0.15) is 116 Å². The molecule has 1 heterocycles. The Morgan fingerprint density at radius 1 is 0.750 bits per heavy atom. The van der Waals surface area contributed by atoms with Crippen molar-refractivity contribution in [3.8, 4) is 0 Å².